The third-order valence-electron chi connectivity index (χ3n) is 3.40. The summed E-state index contributed by atoms with van der Waals surface area (Å²) in [7, 11) is -1.31. The molecule has 1 N–H and O–H groups in total. The van der Waals surface area contributed by atoms with Crippen LogP contribution in [0, 0.1) is 0 Å². The van der Waals surface area contributed by atoms with Gasteiger partial charge in [0.25, 0.3) is 0 Å². The average Bonchev–Trinajstić information content (AvgIpc) is 2.60. The number of benzene rings is 3. The van der Waals surface area contributed by atoms with Gasteiger partial charge in [0.05, 0.1) is 0 Å². The van der Waals surface area contributed by atoms with E-state index in [-0.39, 0.29) is 0 Å². The van der Waals surface area contributed by atoms with Gasteiger partial charge in [-0.25, -0.2) is 0 Å². The van der Waals surface area contributed by atoms with Gasteiger partial charge < -0.3 is 4.16 Å². The van der Waals surface area contributed by atoms with E-state index in [1.807, 2.05) is 0 Å². The summed E-state index contributed by atoms with van der Waals surface area (Å²) < 4.78 is 7.14. The van der Waals surface area contributed by atoms with E-state index in [2.05, 4.69) is 91.0 Å². The summed E-state index contributed by atoms with van der Waals surface area (Å²) in [6, 6.07) is 32.7. The van der Waals surface area contributed by atoms with E-state index < -0.39 is 8.80 Å². The lowest BCUT2D eigenvalue weighted by Crippen LogP contribution is -2.51. The topological polar surface area (TPSA) is 20.2 Å². The molecule has 0 amide bonds. The van der Waals surface area contributed by atoms with Gasteiger partial charge in [0.2, 0.25) is 0 Å². The van der Waals surface area contributed by atoms with Crippen LogP contribution in [0.3, 0.4) is 0 Å². The molecule has 1 nitrogen and oxygen atoms in total. The minimum absolute atomic E-state index is 0.306. The first-order chi connectivity index (χ1) is 10.4. The summed E-state index contributed by atoms with van der Waals surface area (Å²) >= 11 is 0.306. The second-order valence-corrected chi connectivity index (χ2v) is 7.53. The molecule has 3 heteroatoms. The summed E-state index contributed by atoms with van der Waals surface area (Å²) in [5.41, 5.74) is 0. The molecule has 0 saturated heterocycles. The molecule has 0 radical (unpaired) electrons. The molecule has 0 fully saturated rings. The summed E-state index contributed by atoms with van der Waals surface area (Å²) in [6.45, 7) is 0. The van der Waals surface area contributed by atoms with E-state index in [0.29, 0.717) is 16.6 Å². The zero-order valence-electron chi connectivity index (χ0n) is 12.2. The minimum Gasteiger partial charge on any atom is -0.521 e. The number of hydrogen-bond donors (Lipinski definition) is 1. The van der Waals surface area contributed by atoms with Crippen LogP contribution in [0.1, 0.15) is 0 Å². The Hall–Kier alpha value is -1.63. The van der Waals surface area contributed by atoms with Crippen molar-refractivity contribution in [3.63, 3.8) is 0 Å². The van der Waals surface area contributed by atoms with Crippen molar-refractivity contribution in [3.05, 3.63) is 91.0 Å². The molecular formula is C18H19AlOSi. The van der Waals surface area contributed by atoms with Crippen molar-refractivity contribution in [2.45, 2.75) is 0 Å². The first-order valence-corrected chi connectivity index (χ1v) is 9.67. The first kappa shape index (κ1) is 15.8. The summed E-state index contributed by atoms with van der Waals surface area (Å²) in [6.07, 6.45) is 0. The largest absolute Gasteiger partial charge is 0.521 e. The molecule has 3 aromatic rings. The van der Waals surface area contributed by atoms with Crippen LogP contribution < -0.4 is 15.6 Å². The van der Waals surface area contributed by atoms with Crippen molar-refractivity contribution in [2.24, 2.45) is 0 Å². The maximum atomic E-state index is 7.14. The van der Waals surface area contributed by atoms with Crippen LogP contribution in [0.4, 0.5) is 0 Å². The Kier molecular flexibility index (Phi) is 6.46. The van der Waals surface area contributed by atoms with E-state index in [1.54, 1.807) is 0 Å². The monoisotopic (exact) mass is 306 g/mol. The Morgan fingerprint density at radius 2 is 0.714 bits per heavy atom. The van der Waals surface area contributed by atoms with Crippen LogP contribution in [0.2, 0.25) is 0 Å². The van der Waals surface area contributed by atoms with E-state index >= 15 is 0 Å². The highest BCUT2D eigenvalue weighted by Gasteiger charge is 2.17. The Balaban J connectivity index is 0.000000774. The van der Waals surface area contributed by atoms with Crippen LogP contribution in [-0.4, -0.2) is 29.6 Å². The molecule has 21 heavy (non-hydrogen) atoms. The Bertz CT molecular complexity index is 535. The molecule has 0 aromatic heterocycles. The van der Waals surface area contributed by atoms with Gasteiger partial charge in [0.1, 0.15) is 8.80 Å². The molecule has 3 aromatic carbocycles. The van der Waals surface area contributed by atoms with Gasteiger partial charge in [-0.15, -0.1) is 0 Å². The molecule has 0 unspecified atom stereocenters. The van der Waals surface area contributed by atoms with Gasteiger partial charge in [-0.05, 0) is 0 Å². The van der Waals surface area contributed by atoms with Gasteiger partial charge in [-0.3, -0.25) is 0 Å². The highest BCUT2D eigenvalue weighted by molar-refractivity contribution is 6.95. The highest BCUT2D eigenvalue weighted by Crippen LogP contribution is 1.95. The minimum atomic E-state index is -1.31. The SMILES string of the molecule is [OH][AlH2].c1ccc([SiH](c2ccccc2)c2ccccc2)cc1. The molecule has 0 aliphatic heterocycles. The predicted molar refractivity (Wildman–Crippen MR) is 96.1 cm³/mol. The standard InChI is InChI=1S/C18H16Si.Al.H2O.2H/c1-4-10-16(11-5-1)19(17-12-6-2-7-13-17)18-14-8-3-9-15-18;;;;/h1-15,19H;;1H2;;/q;+1;;;/p-1. The molecule has 0 aliphatic rings. The van der Waals surface area contributed by atoms with Crippen LogP contribution in [0.5, 0.6) is 0 Å². The number of rotatable bonds is 3. The van der Waals surface area contributed by atoms with Crippen molar-refractivity contribution in [1.29, 1.82) is 0 Å². The Morgan fingerprint density at radius 3 is 0.952 bits per heavy atom. The molecule has 0 saturated carbocycles. The van der Waals surface area contributed by atoms with Crippen LogP contribution >= 0.6 is 0 Å². The van der Waals surface area contributed by atoms with E-state index in [4.69, 9.17) is 4.16 Å². The van der Waals surface area contributed by atoms with Crippen LogP contribution in [0.25, 0.3) is 0 Å². The Labute approximate surface area is 136 Å². The van der Waals surface area contributed by atoms with Crippen molar-refractivity contribution < 1.29 is 4.16 Å². The molecule has 3 rings (SSSR count). The molecular weight excluding hydrogens is 287 g/mol. The molecule has 0 aliphatic carbocycles. The maximum absolute atomic E-state index is 7.14. The quantitative estimate of drug-likeness (QED) is 0.551. The van der Waals surface area contributed by atoms with Crippen LogP contribution in [-0.2, 0) is 0 Å². The molecule has 0 heterocycles. The van der Waals surface area contributed by atoms with E-state index in [9.17, 15) is 0 Å². The van der Waals surface area contributed by atoms with E-state index in [1.165, 1.54) is 15.6 Å². The second kappa shape index (κ2) is 8.61. The van der Waals surface area contributed by atoms with Gasteiger partial charge in [-0.2, -0.15) is 0 Å². The van der Waals surface area contributed by atoms with Gasteiger partial charge in [0.15, 0.2) is 0 Å². The fraction of sp³-hybridized carbons (Fsp3) is 0. The molecule has 0 bridgehead atoms. The fourth-order valence-corrected chi connectivity index (χ4v) is 5.49. The summed E-state index contributed by atoms with van der Waals surface area (Å²) in [5, 5.41) is 4.42. The van der Waals surface area contributed by atoms with Gasteiger partial charge in [-0.1, -0.05) is 107 Å². The third-order valence-corrected chi connectivity index (χ3v) is 6.55. The molecule has 0 atom stereocenters. The smallest absolute Gasteiger partial charge is 0.407 e. The van der Waals surface area contributed by atoms with Crippen molar-refractivity contribution in [2.75, 3.05) is 0 Å². The lowest BCUT2D eigenvalue weighted by molar-refractivity contribution is 0.629. The van der Waals surface area contributed by atoms with Crippen molar-refractivity contribution in [1.82, 2.24) is 0 Å². The lowest BCUT2D eigenvalue weighted by atomic mass is 10.3. The maximum Gasteiger partial charge on any atom is 0.407 e. The third kappa shape index (κ3) is 4.17. The highest BCUT2D eigenvalue weighted by atomic mass is 28.3. The first-order valence-electron chi connectivity index (χ1n) is 7.05. The predicted octanol–water partition coefficient (Wildman–Crippen LogP) is 0.462. The zero-order chi connectivity index (χ0) is 14.9. The van der Waals surface area contributed by atoms with Crippen molar-refractivity contribution >= 4 is 41.0 Å². The zero-order valence-corrected chi connectivity index (χ0v) is 15.3. The molecule has 0 spiro atoms. The normalized spacial score (nSPS) is 9.81. The summed E-state index contributed by atoms with van der Waals surface area (Å²) in [5.74, 6) is 0. The van der Waals surface area contributed by atoms with Crippen molar-refractivity contribution in [3.8, 4) is 0 Å². The lowest BCUT2D eigenvalue weighted by Gasteiger charge is -2.16. The van der Waals surface area contributed by atoms with Crippen LogP contribution in [0.15, 0.2) is 91.0 Å². The fourth-order valence-electron chi connectivity index (χ4n) is 2.51. The second-order valence-electron chi connectivity index (χ2n) is 4.67. The van der Waals surface area contributed by atoms with Gasteiger partial charge in [0, 0.05) is 0 Å². The van der Waals surface area contributed by atoms with E-state index in [0.717, 1.165) is 0 Å². The average molecular weight is 306 g/mol. The molecule has 104 valence electrons. The van der Waals surface area contributed by atoms with Gasteiger partial charge >= 0.3 is 16.6 Å². The Morgan fingerprint density at radius 1 is 0.476 bits per heavy atom. The summed E-state index contributed by atoms with van der Waals surface area (Å²) in [4.78, 5) is 0. The number of hydrogen-bond acceptors (Lipinski definition) is 1.